The number of likely N-dealkylation sites (tertiary alicyclic amines) is 2. The van der Waals surface area contributed by atoms with Crippen molar-refractivity contribution < 1.29 is 19.1 Å². The topological polar surface area (TPSA) is 71.1 Å². The molecule has 0 bridgehead atoms. The van der Waals surface area contributed by atoms with Crippen LogP contribution < -0.4 is 10.1 Å². The van der Waals surface area contributed by atoms with E-state index in [1.165, 1.54) is 0 Å². The summed E-state index contributed by atoms with van der Waals surface area (Å²) in [5, 5.41) is 3.08. The number of nitrogens with one attached hydrogen (secondary N) is 1. The van der Waals surface area contributed by atoms with E-state index in [1.807, 2.05) is 23.1 Å². The lowest BCUT2D eigenvalue weighted by atomic mass is 9.60. The molecule has 1 aromatic carbocycles. The molecule has 2 spiro atoms. The third-order valence-electron chi connectivity index (χ3n) is 7.24. The Morgan fingerprint density at radius 1 is 1.17 bits per heavy atom. The summed E-state index contributed by atoms with van der Waals surface area (Å²) in [6, 6.07) is 7.32. The highest BCUT2D eigenvalue weighted by Gasteiger charge is 2.63. The summed E-state index contributed by atoms with van der Waals surface area (Å²) in [5.41, 5.74) is 0.264. The molecule has 1 unspecified atom stereocenters. The van der Waals surface area contributed by atoms with Gasteiger partial charge < -0.3 is 19.7 Å². The SMILES string of the molecule is COCCN1CC2(CCN(C(=O)c3cccc(OC)c3)CC2)C2(CCNC2=O)C1. The molecule has 0 aromatic heterocycles. The van der Waals surface area contributed by atoms with Gasteiger partial charge in [-0.2, -0.15) is 0 Å². The van der Waals surface area contributed by atoms with Crippen molar-refractivity contribution in [2.24, 2.45) is 10.8 Å². The number of hydrogen-bond donors (Lipinski definition) is 1. The molecule has 1 aromatic rings. The van der Waals surface area contributed by atoms with E-state index in [-0.39, 0.29) is 22.6 Å². The molecule has 4 rings (SSSR count). The summed E-state index contributed by atoms with van der Waals surface area (Å²) in [6.07, 6.45) is 2.61. The minimum atomic E-state index is -0.328. The van der Waals surface area contributed by atoms with Crippen LogP contribution in [0.2, 0.25) is 0 Å². The largest absolute Gasteiger partial charge is 0.497 e. The Kier molecular flexibility index (Phi) is 5.53. The van der Waals surface area contributed by atoms with Crippen molar-refractivity contribution in [1.82, 2.24) is 15.1 Å². The Morgan fingerprint density at radius 2 is 1.97 bits per heavy atom. The van der Waals surface area contributed by atoms with Gasteiger partial charge in [-0.05, 0) is 37.5 Å². The third kappa shape index (κ3) is 3.40. The Bertz CT molecular complexity index is 775. The van der Waals surface area contributed by atoms with Crippen molar-refractivity contribution in [2.75, 3.05) is 60.1 Å². The number of hydrogen-bond acceptors (Lipinski definition) is 5. The van der Waals surface area contributed by atoms with E-state index in [2.05, 4.69) is 10.2 Å². The standard InChI is InChI=1S/C22H31N3O4/c1-28-13-12-24-15-21(22(16-24)6-9-23-20(22)27)7-10-25(11-8-21)19(26)17-4-3-5-18(14-17)29-2/h3-5,14H,6-13,15-16H2,1-2H3,(H,23,27). The van der Waals surface area contributed by atoms with E-state index >= 15 is 0 Å². The third-order valence-corrected chi connectivity index (χ3v) is 7.24. The molecular weight excluding hydrogens is 370 g/mol. The van der Waals surface area contributed by atoms with Gasteiger partial charge in [0.05, 0.1) is 19.1 Å². The molecule has 3 aliphatic heterocycles. The number of carbonyl (C=O) groups is 2. The molecule has 29 heavy (non-hydrogen) atoms. The lowest BCUT2D eigenvalue weighted by Gasteiger charge is -2.46. The molecule has 1 atom stereocenters. The van der Waals surface area contributed by atoms with Gasteiger partial charge in [-0.15, -0.1) is 0 Å². The van der Waals surface area contributed by atoms with Gasteiger partial charge >= 0.3 is 0 Å². The van der Waals surface area contributed by atoms with Gasteiger partial charge in [0.1, 0.15) is 5.75 Å². The fourth-order valence-electron chi connectivity index (χ4n) is 5.61. The molecule has 0 saturated carbocycles. The number of piperidine rings is 1. The van der Waals surface area contributed by atoms with Crippen LogP contribution in [0.15, 0.2) is 24.3 Å². The zero-order valence-electron chi connectivity index (χ0n) is 17.4. The number of methoxy groups -OCH3 is 2. The van der Waals surface area contributed by atoms with Crippen LogP contribution in [0.4, 0.5) is 0 Å². The average Bonchev–Trinajstić information content (AvgIpc) is 3.27. The van der Waals surface area contributed by atoms with Crippen LogP contribution in [0.25, 0.3) is 0 Å². The van der Waals surface area contributed by atoms with E-state index in [0.717, 1.165) is 45.4 Å². The number of carbonyl (C=O) groups excluding carboxylic acids is 2. The van der Waals surface area contributed by atoms with Crippen LogP contribution in [0.5, 0.6) is 5.75 Å². The molecular formula is C22H31N3O4. The van der Waals surface area contributed by atoms with E-state index in [1.54, 1.807) is 20.3 Å². The fourth-order valence-corrected chi connectivity index (χ4v) is 5.61. The number of rotatable bonds is 5. The van der Waals surface area contributed by atoms with E-state index < -0.39 is 0 Å². The van der Waals surface area contributed by atoms with Crippen molar-refractivity contribution >= 4 is 11.8 Å². The van der Waals surface area contributed by atoms with Crippen molar-refractivity contribution in [1.29, 1.82) is 0 Å². The molecule has 3 fully saturated rings. The maximum atomic E-state index is 13.0. The van der Waals surface area contributed by atoms with Gasteiger partial charge in [-0.25, -0.2) is 0 Å². The van der Waals surface area contributed by atoms with Crippen LogP contribution in [0.3, 0.4) is 0 Å². The highest BCUT2D eigenvalue weighted by atomic mass is 16.5. The summed E-state index contributed by atoms with van der Waals surface area (Å²) in [5.74, 6) is 0.929. The monoisotopic (exact) mass is 401 g/mol. The lowest BCUT2D eigenvalue weighted by molar-refractivity contribution is -0.133. The molecule has 3 heterocycles. The summed E-state index contributed by atoms with van der Waals surface area (Å²) >= 11 is 0. The summed E-state index contributed by atoms with van der Waals surface area (Å²) in [7, 11) is 3.32. The summed E-state index contributed by atoms with van der Waals surface area (Å²) in [6.45, 7) is 5.35. The lowest BCUT2D eigenvalue weighted by Crippen LogP contribution is -2.53. The van der Waals surface area contributed by atoms with E-state index in [9.17, 15) is 9.59 Å². The Hall–Kier alpha value is -2.12. The molecule has 158 valence electrons. The maximum absolute atomic E-state index is 13.0. The zero-order valence-corrected chi connectivity index (χ0v) is 17.4. The number of ether oxygens (including phenoxy) is 2. The van der Waals surface area contributed by atoms with Crippen LogP contribution in [-0.2, 0) is 9.53 Å². The van der Waals surface area contributed by atoms with E-state index in [4.69, 9.17) is 9.47 Å². The predicted octanol–water partition coefficient (Wildman–Crippen LogP) is 1.39. The fraction of sp³-hybridized carbons (Fsp3) is 0.636. The molecule has 1 N–H and O–H groups in total. The number of amides is 2. The second-order valence-electron chi connectivity index (χ2n) is 8.60. The first kappa shape index (κ1) is 20.2. The van der Waals surface area contributed by atoms with Crippen LogP contribution in [0, 0.1) is 10.8 Å². The minimum absolute atomic E-state index is 0.0397. The second-order valence-corrected chi connectivity index (χ2v) is 8.60. The summed E-state index contributed by atoms with van der Waals surface area (Å²) < 4.78 is 10.5. The quantitative estimate of drug-likeness (QED) is 0.807. The van der Waals surface area contributed by atoms with Gasteiger partial charge in [0, 0.05) is 57.4 Å². The van der Waals surface area contributed by atoms with Crippen molar-refractivity contribution in [3.8, 4) is 5.75 Å². The molecule has 0 aliphatic carbocycles. The number of nitrogens with zero attached hydrogens (tertiary/aromatic N) is 2. The first-order valence-electron chi connectivity index (χ1n) is 10.5. The Balaban J connectivity index is 1.50. The average molecular weight is 402 g/mol. The normalized spacial score (nSPS) is 26.3. The van der Waals surface area contributed by atoms with E-state index in [0.29, 0.717) is 31.0 Å². The minimum Gasteiger partial charge on any atom is -0.497 e. The second kappa shape index (κ2) is 7.95. The highest BCUT2D eigenvalue weighted by molar-refractivity contribution is 5.94. The van der Waals surface area contributed by atoms with Gasteiger partial charge in [0.15, 0.2) is 0 Å². The number of fused-ring (bicyclic) bond motifs is 1. The first-order chi connectivity index (χ1) is 14.0. The van der Waals surface area contributed by atoms with Gasteiger partial charge in [0.25, 0.3) is 5.91 Å². The van der Waals surface area contributed by atoms with Crippen LogP contribution in [-0.4, -0.2) is 81.7 Å². The molecule has 7 nitrogen and oxygen atoms in total. The maximum Gasteiger partial charge on any atom is 0.253 e. The van der Waals surface area contributed by atoms with Crippen LogP contribution >= 0.6 is 0 Å². The van der Waals surface area contributed by atoms with Gasteiger partial charge in [0.2, 0.25) is 5.91 Å². The zero-order chi connectivity index (χ0) is 20.5. The summed E-state index contributed by atoms with van der Waals surface area (Å²) in [4.78, 5) is 30.3. The number of benzene rings is 1. The van der Waals surface area contributed by atoms with Crippen molar-refractivity contribution in [3.63, 3.8) is 0 Å². The van der Waals surface area contributed by atoms with Crippen molar-refractivity contribution in [2.45, 2.75) is 19.3 Å². The van der Waals surface area contributed by atoms with Gasteiger partial charge in [-0.1, -0.05) is 6.07 Å². The predicted molar refractivity (Wildman–Crippen MR) is 109 cm³/mol. The smallest absolute Gasteiger partial charge is 0.253 e. The van der Waals surface area contributed by atoms with Crippen molar-refractivity contribution in [3.05, 3.63) is 29.8 Å². The Morgan fingerprint density at radius 3 is 2.62 bits per heavy atom. The molecule has 2 amide bonds. The van der Waals surface area contributed by atoms with Crippen LogP contribution in [0.1, 0.15) is 29.6 Å². The molecule has 7 heteroatoms. The highest BCUT2D eigenvalue weighted by Crippen LogP contribution is 2.56. The first-order valence-corrected chi connectivity index (χ1v) is 10.5. The Labute approximate surface area is 172 Å². The molecule has 0 radical (unpaired) electrons. The van der Waals surface area contributed by atoms with Gasteiger partial charge in [-0.3, -0.25) is 14.5 Å². The molecule has 3 saturated heterocycles. The molecule has 3 aliphatic rings.